The number of rotatable bonds is 10. The summed E-state index contributed by atoms with van der Waals surface area (Å²) in [5.74, 6) is -1.16. The second-order valence-electron chi connectivity index (χ2n) is 7.85. The van der Waals surface area contributed by atoms with E-state index in [1.165, 1.54) is 42.6 Å². The van der Waals surface area contributed by atoms with Gasteiger partial charge in [-0.2, -0.15) is 5.10 Å². The van der Waals surface area contributed by atoms with Gasteiger partial charge < -0.3 is 19.0 Å². The lowest BCUT2D eigenvalue weighted by atomic mass is 10.1. The second-order valence-corrected chi connectivity index (χ2v) is 8.25. The number of carbonyl (C=O) groups is 2. The minimum absolute atomic E-state index is 0.0606. The molecule has 1 heterocycles. The molecule has 1 aromatic heterocycles. The Balaban J connectivity index is 1.46. The molecule has 0 spiro atoms. The van der Waals surface area contributed by atoms with Crippen molar-refractivity contribution in [2.45, 2.75) is 13.5 Å². The number of hydrogen-bond acceptors (Lipinski definition) is 8. The van der Waals surface area contributed by atoms with Crippen LogP contribution in [0.1, 0.15) is 39.0 Å². The molecule has 11 nitrogen and oxygen atoms in total. The van der Waals surface area contributed by atoms with E-state index in [2.05, 4.69) is 10.5 Å². The number of halogens is 1. The molecule has 0 aliphatic rings. The van der Waals surface area contributed by atoms with Gasteiger partial charge in [0.2, 0.25) is 0 Å². The van der Waals surface area contributed by atoms with Crippen molar-refractivity contribution in [1.29, 1.82) is 0 Å². The molecule has 4 aromatic rings. The fourth-order valence-corrected chi connectivity index (χ4v) is 3.77. The molecule has 0 saturated heterocycles. The lowest BCUT2D eigenvalue weighted by molar-refractivity contribution is -0.384. The van der Waals surface area contributed by atoms with E-state index in [1.54, 1.807) is 31.2 Å². The van der Waals surface area contributed by atoms with Gasteiger partial charge in [-0.25, -0.2) is 10.2 Å². The summed E-state index contributed by atoms with van der Waals surface area (Å²) in [7, 11) is 0. The molecule has 3 aromatic carbocycles. The van der Waals surface area contributed by atoms with Gasteiger partial charge in [-0.15, -0.1) is 0 Å². The van der Waals surface area contributed by atoms with Crippen LogP contribution in [-0.4, -0.2) is 34.7 Å². The standard InChI is InChI=1S/C26H20ClN3O8/c1-2-36-22-10-16(9-20(27)24(22)37-14-15-4-3-5-17(8-15)26(32)33)13-28-29-25(31)23-12-18-11-19(30(34)35)6-7-21(18)38-23/h3-13H,2,14H2,1H3,(H,29,31)(H,32,33)/b28-13-. The number of fused-ring (bicyclic) bond motifs is 1. The smallest absolute Gasteiger partial charge is 0.335 e. The van der Waals surface area contributed by atoms with E-state index in [-0.39, 0.29) is 34.4 Å². The van der Waals surface area contributed by atoms with Crippen LogP contribution in [0.4, 0.5) is 5.69 Å². The monoisotopic (exact) mass is 537 g/mol. The summed E-state index contributed by atoms with van der Waals surface area (Å²) >= 11 is 6.42. The highest BCUT2D eigenvalue weighted by Gasteiger charge is 2.16. The Kier molecular flexibility index (Phi) is 7.88. The highest BCUT2D eigenvalue weighted by atomic mass is 35.5. The molecule has 1 amide bonds. The van der Waals surface area contributed by atoms with Crippen molar-refractivity contribution in [2.24, 2.45) is 5.10 Å². The van der Waals surface area contributed by atoms with Gasteiger partial charge in [0.1, 0.15) is 12.2 Å². The third-order valence-electron chi connectivity index (χ3n) is 5.20. The summed E-state index contributed by atoms with van der Waals surface area (Å²) in [4.78, 5) is 34.0. The average molecular weight is 538 g/mol. The van der Waals surface area contributed by atoms with Gasteiger partial charge in [0, 0.05) is 17.5 Å². The van der Waals surface area contributed by atoms with Gasteiger partial charge in [-0.1, -0.05) is 23.7 Å². The largest absolute Gasteiger partial charge is 0.490 e. The van der Waals surface area contributed by atoms with Crippen LogP contribution in [0, 0.1) is 10.1 Å². The van der Waals surface area contributed by atoms with E-state index in [0.29, 0.717) is 34.5 Å². The average Bonchev–Trinajstić information content (AvgIpc) is 3.32. The van der Waals surface area contributed by atoms with Crippen molar-refractivity contribution in [3.8, 4) is 11.5 Å². The SMILES string of the molecule is CCOc1cc(/C=N\NC(=O)c2cc3cc([N+](=O)[O-])ccc3o2)cc(Cl)c1OCc1cccc(C(=O)O)c1. The van der Waals surface area contributed by atoms with Gasteiger partial charge >= 0.3 is 11.9 Å². The molecule has 38 heavy (non-hydrogen) atoms. The number of aromatic carboxylic acids is 1. The van der Waals surface area contributed by atoms with Crippen LogP contribution in [0.2, 0.25) is 5.02 Å². The number of nitro groups is 1. The van der Waals surface area contributed by atoms with Gasteiger partial charge in [0.15, 0.2) is 17.3 Å². The van der Waals surface area contributed by atoms with E-state index in [0.717, 1.165) is 0 Å². The number of carbonyl (C=O) groups excluding carboxylic acids is 1. The van der Waals surface area contributed by atoms with Crippen molar-refractivity contribution in [2.75, 3.05) is 6.61 Å². The third-order valence-corrected chi connectivity index (χ3v) is 5.48. The van der Waals surface area contributed by atoms with E-state index in [1.807, 2.05) is 0 Å². The number of furan rings is 1. The molecule has 2 N–H and O–H groups in total. The Bertz CT molecular complexity index is 1560. The second kappa shape index (κ2) is 11.4. The minimum Gasteiger partial charge on any atom is -0.490 e. The van der Waals surface area contributed by atoms with Crippen LogP contribution in [0.25, 0.3) is 11.0 Å². The van der Waals surface area contributed by atoms with Crippen LogP contribution in [0.5, 0.6) is 11.5 Å². The van der Waals surface area contributed by atoms with Crippen molar-refractivity contribution < 1.29 is 33.5 Å². The summed E-state index contributed by atoms with van der Waals surface area (Å²) in [6.45, 7) is 2.17. The first kappa shape index (κ1) is 26.2. The highest BCUT2D eigenvalue weighted by Crippen LogP contribution is 2.37. The molecule has 0 radical (unpaired) electrons. The molecule has 0 atom stereocenters. The maximum Gasteiger partial charge on any atom is 0.335 e. The van der Waals surface area contributed by atoms with Crippen molar-refractivity contribution in [1.82, 2.24) is 5.43 Å². The van der Waals surface area contributed by atoms with Crippen molar-refractivity contribution in [3.63, 3.8) is 0 Å². The molecular weight excluding hydrogens is 518 g/mol. The minimum atomic E-state index is -1.04. The van der Waals surface area contributed by atoms with E-state index in [9.17, 15) is 19.7 Å². The van der Waals surface area contributed by atoms with Gasteiger partial charge in [-0.05, 0) is 54.4 Å². The fraction of sp³-hybridized carbons (Fsp3) is 0.115. The third kappa shape index (κ3) is 6.08. The Morgan fingerprint density at radius 2 is 1.97 bits per heavy atom. The predicted molar refractivity (Wildman–Crippen MR) is 138 cm³/mol. The number of nitro benzene ring substituents is 1. The van der Waals surface area contributed by atoms with Crippen molar-refractivity contribution >= 4 is 46.3 Å². The molecule has 0 unspecified atom stereocenters. The zero-order chi connectivity index (χ0) is 27.2. The summed E-state index contributed by atoms with van der Waals surface area (Å²) in [5.41, 5.74) is 3.81. The zero-order valence-electron chi connectivity index (χ0n) is 19.8. The number of benzene rings is 3. The molecular formula is C26H20ClN3O8. The molecule has 194 valence electrons. The number of hydrogen-bond donors (Lipinski definition) is 2. The van der Waals surface area contributed by atoms with E-state index >= 15 is 0 Å². The van der Waals surface area contributed by atoms with Gasteiger partial charge in [0.25, 0.3) is 5.69 Å². The van der Waals surface area contributed by atoms with Gasteiger partial charge in [-0.3, -0.25) is 14.9 Å². The summed E-state index contributed by atoms with van der Waals surface area (Å²) in [6, 6.07) is 14.9. The number of carboxylic acid groups (broad SMARTS) is 1. The van der Waals surface area contributed by atoms with E-state index < -0.39 is 16.8 Å². The first-order valence-corrected chi connectivity index (χ1v) is 11.6. The number of carboxylic acids is 1. The Morgan fingerprint density at radius 3 is 2.71 bits per heavy atom. The molecule has 4 rings (SSSR count). The van der Waals surface area contributed by atoms with Crippen LogP contribution < -0.4 is 14.9 Å². The molecule has 12 heteroatoms. The van der Waals surface area contributed by atoms with E-state index in [4.69, 9.17) is 30.6 Å². The maximum atomic E-state index is 12.4. The lowest BCUT2D eigenvalue weighted by Gasteiger charge is -2.14. The molecule has 0 bridgehead atoms. The highest BCUT2D eigenvalue weighted by molar-refractivity contribution is 6.32. The number of nitrogens with zero attached hydrogens (tertiary/aromatic N) is 2. The van der Waals surface area contributed by atoms with Crippen LogP contribution in [-0.2, 0) is 6.61 Å². The quantitative estimate of drug-likeness (QED) is 0.154. The van der Waals surface area contributed by atoms with Gasteiger partial charge in [0.05, 0.1) is 28.3 Å². The van der Waals surface area contributed by atoms with Crippen LogP contribution in [0.15, 0.2) is 70.2 Å². The molecule has 0 aliphatic heterocycles. The fourth-order valence-electron chi connectivity index (χ4n) is 3.49. The maximum absolute atomic E-state index is 12.4. The Labute approximate surface area is 220 Å². The summed E-state index contributed by atoms with van der Waals surface area (Å²) in [5, 5.41) is 24.7. The number of hydrazone groups is 1. The predicted octanol–water partition coefficient (Wildman–Crippen LogP) is 5.43. The van der Waals surface area contributed by atoms with Crippen LogP contribution in [0.3, 0.4) is 0 Å². The first-order valence-electron chi connectivity index (χ1n) is 11.2. The number of ether oxygens (including phenoxy) is 2. The lowest BCUT2D eigenvalue weighted by Crippen LogP contribution is -2.16. The number of amides is 1. The Morgan fingerprint density at radius 1 is 1.16 bits per heavy atom. The summed E-state index contributed by atoms with van der Waals surface area (Å²) in [6.07, 6.45) is 1.35. The topological polar surface area (TPSA) is 154 Å². The first-order chi connectivity index (χ1) is 18.2. The molecule has 0 fully saturated rings. The Hall–Kier alpha value is -4.90. The zero-order valence-corrected chi connectivity index (χ0v) is 20.6. The van der Waals surface area contributed by atoms with Crippen molar-refractivity contribution in [3.05, 3.63) is 98.3 Å². The normalized spacial score (nSPS) is 11.0. The number of nitrogens with one attached hydrogen (secondary N) is 1. The molecule has 0 saturated carbocycles. The molecule has 0 aliphatic carbocycles. The van der Waals surface area contributed by atoms with Crippen LogP contribution >= 0.6 is 11.6 Å². The number of non-ortho nitro benzene ring substituents is 1. The summed E-state index contributed by atoms with van der Waals surface area (Å²) < 4.78 is 16.9.